The highest BCUT2D eigenvalue weighted by Crippen LogP contribution is 2.37. The summed E-state index contributed by atoms with van der Waals surface area (Å²) in [5.41, 5.74) is 0.584. The van der Waals surface area contributed by atoms with E-state index in [2.05, 4.69) is 17.6 Å². The van der Waals surface area contributed by atoms with Gasteiger partial charge >= 0.3 is 6.03 Å². The van der Waals surface area contributed by atoms with Crippen LogP contribution in [0, 0.1) is 0 Å². The van der Waals surface area contributed by atoms with Gasteiger partial charge in [-0.2, -0.15) is 0 Å². The molecule has 0 unspecified atom stereocenters. The summed E-state index contributed by atoms with van der Waals surface area (Å²) in [6.07, 6.45) is 7.78. The van der Waals surface area contributed by atoms with E-state index < -0.39 is 23.3 Å². The molecule has 0 aromatic heterocycles. The van der Waals surface area contributed by atoms with E-state index in [1.54, 1.807) is 24.3 Å². The van der Waals surface area contributed by atoms with E-state index in [0.29, 0.717) is 11.1 Å². The van der Waals surface area contributed by atoms with Crippen LogP contribution in [0.25, 0.3) is 0 Å². The minimum absolute atomic E-state index is 0.554. The summed E-state index contributed by atoms with van der Waals surface area (Å²) in [5, 5.41) is 4.61. The van der Waals surface area contributed by atoms with Crippen LogP contribution in [-0.2, 0) is 21.4 Å². The highest BCUT2D eigenvalue weighted by molar-refractivity contribution is 6.25. The van der Waals surface area contributed by atoms with Crippen molar-refractivity contribution in [2.75, 3.05) is 0 Å². The average Bonchev–Trinajstić information content (AvgIpc) is 2.72. The molecular weight excluding hydrogens is 364 g/mol. The van der Waals surface area contributed by atoms with E-state index in [-0.39, 0.29) is 0 Å². The molecule has 152 valence electrons. The number of rotatable bonds is 9. The minimum Gasteiger partial charge on any atom is -0.276 e. The molecule has 1 fully saturated rings. The Kier molecular flexibility index (Phi) is 6.81. The molecule has 1 heterocycles. The van der Waals surface area contributed by atoms with Crippen LogP contribution in [0.1, 0.15) is 62.1 Å². The number of unbranched alkanes of at least 4 members (excludes halogenated alkanes) is 5. The molecule has 0 saturated carbocycles. The van der Waals surface area contributed by atoms with Crippen LogP contribution in [0.4, 0.5) is 4.79 Å². The number of carbonyl (C=O) groups is 3. The van der Waals surface area contributed by atoms with Crippen molar-refractivity contribution in [2.24, 2.45) is 0 Å². The predicted molar refractivity (Wildman–Crippen MR) is 112 cm³/mol. The van der Waals surface area contributed by atoms with Gasteiger partial charge in [-0.3, -0.25) is 20.2 Å². The second-order valence-corrected chi connectivity index (χ2v) is 7.53. The Hall–Kier alpha value is -2.95. The van der Waals surface area contributed by atoms with Gasteiger partial charge < -0.3 is 0 Å². The molecule has 29 heavy (non-hydrogen) atoms. The van der Waals surface area contributed by atoms with Gasteiger partial charge in [-0.25, -0.2) is 4.79 Å². The number of carbonyl (C=O) groups excluding carboxylic acids is 3. The van der Waals surface area contributed by atoms with Crippen molar-refractivity contribution in [1.82, 2.24) is 10.6 Å². The lowest BCUT2D eigenvalue weighted by Crippen LogP contribution is -2.65. The Morgan fingerprint density at radius 1 is 0.724 bits per heavy atom. The van der Waals surface area contributed by atoms with Crippen LogP contribution >= 0.6 is 0 Å². The lowest BCUT2D eigenvalue weighted by Gasteiger charge is -2.36. The van der Waals surface area contributed by atoms with Crippen molar-refractivity contribution in [1.29, 1.82) is 0 Å². The van der Waals surface area contributed by atoms with Crippen molar-refractivity contribution < 1.29 is 14.4 Å². The molecule has 2 aromatic carbocycles. The van der Waals surface area contributed by atoms with Gasteiger partial charge in [-0.15, -0.1) is 0 Å². The molecule has 5 heteroatoms. The molecule has 4 amide bonds. The van der Waals surface area contributed by atoms with Crippen LogP contribution < -0.4 is 10.6 Å². The SMILES string of the molecule is CCCCCCCCc1ccccc1C1(c2ccccc2)C(=O)NC(=O)NC1=O. The highest BCUT2D eigenvalue weighted by atomic mass is 16.2. The van der Waals surface area contributed by atoms with E-state index in [1.807, 2.05) is 30.3 Å². The first-order chi connectivity index (χ1) is 14.1. The summed E-state index contributed by atoms with van der Waals surface area (Å²) in [4.78, 5) is 38.0. The third kappa shape index (κ3) is 4.24. The van der Waals surface area contributed by atoms with Gasteiger partial charge in [0.15, 0.2) is 5.41 Å². The van der Waals surface area contributed by atoms with Gasteiger partial charge in [-0.05, 0) is 29.5 Å². The summed E-state index contributed by atoms with van der Waals surface area (Å²) in [5.74, 6) is -1.21. The Bertz CT molecular complexity index is 857. The Morgan fingerprint density at radius 2 is 1.31 bits per heavy atom. The fourth-order valence-electron chi connectivity index (χ4n) is 4.08. The van der Waals surface area contributed by atoms with Crippen LogP contribution in [0.2, 0.25) is 0 Å². The molecule has 2 N–H and O–H groups in total. The molecular formula is C24H28N2O3. The molecule has 0 spiro atoms. The van der Waals surface area contributed by atoms with Crippen LogP contribution in [0.5, 0.6) is 0 Å². The molecule has 5 nitrogen and oxygen atoms in total. The largest absolute Gasteiger partial charge is 0.328 e. The zero-order valence-corrected chi connectivity index (χ0v) is 16.9. The molecule has 0 radical (unpaired) electrons. The maximum atomic E-state index is 13.1. The molecule has 0 aliphatic carbocycles. The molecule has 1 aliphatic heterocycles. The summed E-state index contributed by atoms with van der Waals surface area (Å²) in [7, 11) is 0. The Balaban J connectivity index is 1.97. The fourth-order valence-corrected chi connectivity index (χ4v) is 4.08. The van der Waals surface area contributed by atoms with Gasteiger partial charge in [0.05, 0.1) is 0 Å². The Labute approximate surface area is 171 Å². The van der Waals surface area contributed by atoms with Gasteiger partial charge in [0.1, 0.15) is 0 Å². The lowest BCUT2D eigenvalue weighted by molar-refractivity contribution is -0.136. The maximum absolute atomic E-state index is 13.1. The van der Waals surface area contributed by atoms with Crippen molar-refractivity contribution >= 4 is 17.8 Å². The lowest BCUT2D eigenvalue weighted by atomic mass is 9.70. The van der Waals surface area contributed by atoms with E-state index in [1.165, 1.54) is 25.7 Å². The number of benzene rings is 2. The predicted octanol–water partition coefficient (Wildman–Crippen LogP) is 4.24. The number of barbiturate groups is 1. The second kappa shape index (κ2) is 9.50. The second-order valence-electron chi connectivity index (χ2n) is 7.53. The first kappa shape index (κ1) is 20.8. The maximum Gasteiger partial charge on any atom is 0.328 e. The summed E-state index contributed by atoms with van der Waals surface area (Å²) >= 11 is 0. The first-order valence-electron chi connectivity index (χ1n) is 10.4. The number of amides is 4. The third-order valence-electron chi connectivity index (χ3n) is 5.56. The number of nitrogens with one attached hydrogen (secondary N) is 2. The molecule has 0 bridgehead atoms. The van der Waals surface area contributed by atoms with Crippen molar-refractivity contribution in [2.45, 2.75) is 57.3 Å². The van der Waals surface area contributed by atoms with Crippen LogP contribution in [0.15, 0.2) is 54.6 Å². The van der Waals surface area contributed by atoms with E-state index in [4.69, 9.17) is 0 Å². The quantitative estimate of drug-likeness (QED) is 0.495. The average molecular weight is 392 g/mol. The van der Waals surface area contributed by atoms with E-state index in [0.717, 1.165) is 24.8 Å². The van der Waals surface area contributed by atoms with Gasteiger partial charge in [-0.1, -0.05) is 93.6 Å². The molecule has 3 rings (SSSR count). The normalized spacial score (nSPS) is 15.7. The number of imide groups is 2. The molecule has 1 aliphatic rings. The number of aryl methyl sites for hydroxylation is 1. The molecule has 0 atom stereocenters. The van der Waals surface area contributed by atoms with Crippen LogP contribution in [0.3, 0.4) is 0 Å². The Morgan fingerprint density at radius 3 is 2.00 bits per heavy atom. The summed E-state index contributed by atoms with van der Waals surface area (Å²) in [6.45, 7) is 2.20. The van der Waals surface area contributed by atoms with Gasteiger partial charge in [0, 0.05) is 0 Å². The van der Waals surface area contributed by atoms with Crippen LogP contribution in [-0.4, -0.2) is 17.8 Å². The summed E-state index contributed by atoms with van der Waals surface area (Å²) in [6, 6.07) is 15.7. The van der Waals surface area contributed by atoms with Gasteiger partial charge in [0.25, 0.3) is 11.8 Å². The third-order valence-corrected chi connectivity index (χ3v) is 5.56. The van der Waals surface area contributed by atoms with Crippen molar-refractivity contribution in [3.63, 3.8) is 0 Å². The number of urea groups is 1. The zero-order chi connectivity index (χ0) is 20.7. The van der Waals surface area contributed by atoms with Crippen molar-refractivity contribution in [3.05, 3.63) is 71.3 Å². The zero-order valence-electron chi connectivity index (χ0n) is 16.9. The molecule has 2 aromatic rings. The topological polar surface area (TPSA) is 75.3 Å². The van der Waals surface area contributed by atoms with E-state index >= 15 is 0 Å². The smallest absolute Gasteiger partial charge is 0.276 e. The first-order valence-corrected chi connectivity index (χ1v) is 10.4. The number of hydrogen-bond donors (Lipinski definition) is 2. The summed E-state index contributed by atoms with van der Waals surface area (Å²) < 4.78 is 0. The minimum atomic E-state index is -1.58. The number of hydrogen-bond acceptors (Lipinski definition) is 3. The monoisotopic (exact) mass is 392 g/mol. The standard InChI is InChI=1S/C24H28N2O3/c1-2-3-4-5-6-8-13-18-14-11-12-17-20(18)24(19-15-9-7-10-16-19)21(27)25-23(29)26-22(24)28/h7,9-12,14-17H,2-6,8,13H2,1H3,(H2,25,26,27,28,29). The van der Waals surface area contributed by atoms with E-state index in [9.17, 15) is 14.4 Å². The van der Waals surface area contributed by atoms with Gasteiger partial charge in [0.2, 0.25) is 0 Å². The highest BCUT2D eigenvalue weighted by Gasteiger charge is 2.53. The molecule has 1 saturated heterocycles. The fraction of sp³-hybridized carbons (Fsp3) is 0.375. The van der Waals surface area contributed by atoms with Crippen molar-refractivity contribution in [3.8, 4) is 0 Å².